The number of benzene rings is 5. The highest BCUT2D eigenvalue weighted by Gasteiger charge is 2.53. The minimum Gasteiger partial charge on any atom is -0.192 e. The summed E-state index contributed by atoms with van der Waals surface area (Å²) in [6.07, 6.45) is 0. The maximum absolute atomic E-state index is 9.75. The summed E-state index contributed by atoms with van der Waals surface area (Å²) in [5, 5.41) is 9.75. The van der Waals surface area contributed by atoms with Crippen molar-refractivity contribution >= 4 is 0 Å². The predicted molar refractivity (Wildman–Crippen MR) is 146 cm³/mol. The molecule has 0 aliphatic heterocycles. The van der Waals surface area contributed by atoms with Crippen molar-refractivity contribution in [2.75, 3.05) is 0 Å². The molecule has 5 aromatic rings. The van der Waals surface area contributed by atoms with Gasteiger partial charge in [-0.15, -0.1) is 0 Å². The van der Waals surface area contributed by atoms with Gasteiger partial charge in [0.25, 0.3) is 0 Å². The fourth-order valence-corrected chi connectivity index (χ4v) is 6.86. The summed E-state index contributed by atoms with van der Waals surface area (Å²) in [6.45, 7) is 4.70. The van der Waals surface area contributed by atoms with E-state index in [4.69, 9.17) is 0 Å². The first kappa shape index (κ1) is 20.9. The Morgan fingerprint density at radius 3 is 1.64 bits per heavy atom. The van der Waals surface area contributed by atoms with Crippen LogP contribution in [0.25, 0.3) is 22.3 Å². The molecule has 0 radical (unpaired) electrons. The maximum atomic E-state index is 9.75. The Balaban J connectivity index is 1.62. The van der Waals surface area contributed by atoms with Crippen LogP contribution >= 0.6 is 0 Å². The van der Waals surface area contributed by atoms with Gasteiger partial charge in [0.05, 0.1) is 17.0 Å². The van der Waals surface area contributed by atoms with Crippen molar-refractivity contribution in [1.82, 2.24) is 0 Å². The average Bonchev–Trinajstić information content (AvgIpc) is 3.22. The van der Waals surface area contributed by atoms with Gasteiger partial charge >= 0.3 is 0 Å². The van der Waals surface area contributed by atoms with Gasteiger partial charge in [0, 0.05) is 5.41 Å². The molecule has 1 heteroatoms. The predicted octanol–water partition coefficient (Wildman–Crippen LogP) is 8.23. The van der Waals surface area contributed by atoms with Crippen LogP contribution in [0.1, 0.15) is 52.8 Å². The minimum absolute atomic E-state index is 0.0954. The Bertz CT molecular complexity index is 1680. The summed E-state index contributed by atoms with van der Waals surface area (Å²) in [4.78, 5) is 0. The highest BCUT2D eigenvalue weighted by atomic mass is 14.5. The molecule has 5 aromatic carbocycles. The quantitative estimate of drug-likeness (QED) is 0.243. The first-order valence-corrected chi connectivity index (χ1v) is 12.5. The van der Waals surface area contributed by atoms with E-state index in [0.717, 1.165) is 11.1 Å². The first-order chi connectivity index (χ1) is 17.6. The molecule has 0 fully saturated rings. The zero-order chi connectivity index (χ0) is 24.5. The van der Waals surface area contributed by atoms with Crippen LogP contribution < -0.4 is 0 Å². The molecular formula is C35H25N. The molecule has 2 aliphatic carbocycles. The van der Waals surface area contributed by atoms with Crippen molar-refractivity contribution in [3.8, 4) is 28.3 Å². The lowest BCUT2D eigenvalue weighted by Gasteiger charge is -2.46. The van der Waals surface area contributed by atoms with Crippen LogP contribution in [0.3, 0.4) is 0 Å². The Labute approximate surface area is 212 Å². The molecule has 0 unspecified atom stereocenters. The van der Waals surface area contributed by atoms with E-state index in [9.17, 15) is 5.26 Å². The second-order valence-electron chi connectivity index (χ2n) is 10.4. The monoisotopic (exact) mass is 459 g/mol. The third-order valence-electron chi connectivity index (χ3n) is 8.41. The van der Waals surface area contributed by atoms with E-state index in [-0.39, 0.29) is 10.8 Å². The smallest absolute Gasteiger partial charge is 0.0998 e. The fraction of sp³-hybridized carbons (Fsp3) is 0.114. The van der Waals surface area contributed by atoms with Gasteiger partial charge in [-0.1, -0.05) is 117 Å². The Kier molecular flexibility index (Phi) is 4.24. The molecule has 0 aromatic heterocycles. The number of nitrogens with zero attached hydrogens (tertiary/aromatic N) is 1. The van der Waals surface area contributed by atoms with Gasteiger partial charge in [-0.25, -0.2) is 0 Å². The first-order valence-electron chi connectivity index (χ1n) is 12.5. The molecule has 0 saturated carbocycles. The molecule has 1 spiro atoms. The molecule has 36 heavy (non-hydrogen) atoms. The van der Waals surface area contributed by atoms with E-state index in [0.29, 0.717) is 5.56 Å². The number of hydrogen-bond acceptors (Lipinski definition) is 1. The van der Waals surface area contributed by atoms with Crippen LogP contribution in [0.2, 0.25) is 0 Å². The van der Waals surface area contributed by atoms with Crippen LogP contribution in [0.5, 0.6) is 0 Å². The van der Waals surface area contributed by atoms with Gasteiger partial charge in [-0.3, -0.25) is 0 Å². The molecule has 0 saturated heterocycles. The number of hydrogen-bond donors (Lipinski definition) is 0. The van der Waals surface area contributed by atoms with Gasteiger partial charge in [0.15, 0.2) is 0 Å². The zero-order valence-corrected chi connectivity index (χ0v) is 20.4. The lowest BCUT2D eigenvalue weighted by molar-refractivity contribution is 0.563. The van der Waals surface area contributed by atoms with Gasteiger partial charge in [0.1, 0.15) is 0 Å². The molecule has 0 atom stereocenters. The Morgan fingerprint density at radius 1 is 0.500 bits per heavy atom. The van der Waals surface area contributed by atoms with Crippen molar-refractivity contribution in [3.63, 3.8) is 0 Å². The van der Waals surface area contributed by atoms with Crippen LogP contribution in [0.4, 0.5) is 0 Å². The summed E-state index contributed by atoms with van der Waals surface area (Å²) in [5.41, 5.74) is 13.0. The van der Waals surface area contributed by atoms with E-state index >= 15 is 0 Å². The van der Waals surface area contributed by atoms with Crippen LogP contribution in [0.15, 0.2) is 115 Å². The second-order valence-corrected chi connectivity index (χ2v) is 10.4. The molecule has 2 aliphatic rings. The van der Waals surface area contributed by atoms with E-state index in [2.05, 4.69) is 111 Å². The van der Waals surface area contributed by atoms with E-state index in [1.807, 2.05) is 24.3 Å². The summed E-state index contributed by atoms with van der Waals surface area (Å²) >= 11 is 0. The molecule has 0 heterocycles. The van der Waals surface area contributed by atoms with Crippen LogP contribution in [-0.2, 0) is 10.8 Å². The summed E-state index contributed by atoms with van der Waals surface area (Å²) in [7, 11) is 0. The van der Waals surface area contributed by atoms with Crippen molar-refractivity contribution in [1.29, 1.82) is 5.26 Å². The summed E-state index contributed by atoms with van der Waals surface area (Å²) in [5.74, 6) is 0. The van der Waals surface area contributed by atoms with Crippen molar-refractivity contribution in [2.24, 2.45) is 0 Å². The molecule has 170 valence electrons. The van der Waals surface area contributed by atoms with E-state index < -0.39 is 0 Å². The number of rotatable bonds is 1. The molecule has 1 nitrogen and oxygen atoms in total. The largest absolute Gasteiger partial charge is 0.192 e. The maximum Gasteiger partial charge on any atom is 0.0998 e. The lowest BCUT2D eigenvalue weighted by atomic mass is 9.55. The molecular weight excluding hydrogens is 434 g/mol. The average molecular weight is 460 g/mol. The van der Waals surface area contributed by atoms with Gasteiger partial charge in [-0.2, -0.15) is 5.26 Å². The molecule has 0 bridgehead atoms. The Hall–Kier alpha value is -4.41. The Morgan fingerprint density at radius 2 is 1.00 bits per heavy atom. The lowest BCUT2D eigenvalue weighted by Crippen LogP contribution is -2.40. The van der Waals surface area contributed by atoms with Crippen molar-refractivity contribution in [3.05, 3.63) is 154 Å². The highest BCUT2D eigenvalue weighted by molar-refractivity contribution is 5.91. The van der Waals surface area contributed by atoms with Gasteiger partial charge < -0.3 is 0 Å². The van der Waals surface area contributed by atoms with E-state index in [1.165, 1.54) is 44.5 Å². The summed E-state index contributed by atoms with van der Waals surface area (Å²) < 4.78 is 0. The second kappa shape index (κ2) is 7.30. The van der Waals surface area contributed by atoms with Gasteiger partial charge in [0.2, 0.25) is 0 Å². The topological polar surface area (TPSA) is 23.8 Å². The molecule has 0 N–H and O–H groups in total. The normalized spacial score (nSPS) is 15.4. The highest BCUT2D eigenvalue weighted by Crippen LogP contribution is 2.62. The van der Waals surface area contributed by atoms with Crippen LogP contribution in [-0.4, -0.2) is 0 Å². The fourth-order valence-electron chi connectivity index (χ4n) is 6.86. The van der Waals surface area contributed by atoms with Crippen molar-refractivity contribution < 1.29 is 0 Å². The molecule has 7 rings (SSSR count). The number of fused-ring (bicyclic) bond motifs is 9. The standard InChI is InChI=1S/C35H25N/c1-34(2)30-15-7-9-17-32(30)35(33-18-10-8-16-31(33)34)28-14-6-5-13-26(28)27-21-23(19-20-29(27)35)25-12-4-3-11-24(25)22-36/h3-21H,1-2H3. The van der Waals surface area contributed by atoms with Gasteiger partial charge in [-0.05, 0) is 67.8 Å². The SMILES string of the molecule is CC1(C)c2ccccc2C2(c3ccccc3-c3cc(-c4ccccc4C#N)ccc32)c2ccccc21. The minimum atomic E-state index is -0.373. The van der Waals surface area contributed by atoms with E-state index in [1.54, 1.807) is 0 Å². The molecule has 0 amide bonds. The third kappa shape index (κ3) is 2.49. The summed E-state index contributed by atoms with van der Waals surface area (Å²) in [6, 6.07) is 43.9. The van der Waals surface area contributed by atoms with Crippen molar-refractivity contribution in [2.45, 2.75) is 24.7 Å². The third-order valence-corrected chi connectivity index (χ3v) is 8.41. The number of nitriles is 1. The van der Waals surface area contributed by atoms with Crippen LogP contribution in [0, 0.1) is 11.3 Å². The zero-order valence-electron chi connectivity index (χ0n) is 20.4.